The van der Waals surface area contributed by atoms with Crippen molar-refractivity contribution in [2.45, 2.75) is 45.1 Å². The third kappa shape index (κ3) is 4.58. The Kier molecular flexibility index (Phi) is 5.90. The van der Waals surface area contributed by atoms with Crippen LogP contribution in [-0.4, -0.2) is 48.1 Å². The largest absolute Gasteiger partial charge is 0.491 e. The number of rotatable bonds is 6. The highest BCUT2D eigenvalue weighted by molar-refractivity contribution is 5.94. The Bertz CT molecular complexity index is 542. The maximum absolute atomic E-state index is 11.3. The minimum Gasteiger partial charge on any atom is -0.491 e. The summed E-state index contributed by atoms with van der Waals surface area (Å²) in [6, 6.07) is 7.10. The molecule has 1 heterocycles. The lowest BCUT2D eigenvalue weighted by atomic mass is 9.75. The van der Waals surface area contributed by atoms with Crippen LogP contribution in [0.2, 0.25) is 0 Å². The van der Waals surface area contributed by atoms with Crippen molar-refractivity contribution in [3.63, 3.8) is 0 Å². The van der Waals surface area contributed by atoms with Gasteiger partial charge in [-0.1, -0.05) is 19.3 Å². The lowest BCUT2D eigenvalue weighted by Crippen LogP contribution is -2.45. The highest BCUT2D eigenvalue weighted by Crippen LogP contribution is 2.35. The number of fused-ring (bicyclic) bond motifs is 1. The quantitative estimate of drug-likeness (QED) is 0.814. The highest BCUT2D eigenvalue weighted by Gasteiger charge is 2.31. The zero-order valence-corrected chi connectivity index (χ0v) is 14.6. The number of ketones is 1. The topological polar surface area (TPSA) is 49.8 Å². The number of ether oxygens (including phenoxy) is 1. The number of hydrogen-bond donors (Lipinski definition) is 1. The van der Waals surface area contributed by atoms with Crippen LogP contribution in [0.3, 0.4) is 0 Å². The van der Waals surface area contributed by atoms with Crippen LogP contribution >= 0.6 is 0 Å². The molecule has 3 rings (SSSR count). The average Bonchev–Trinajstić information content (AvgIpc) is 2.60. The Morgan fingerprint density at radius 3 is 2.62 bits per heavy atom. The number of piperidine rings is 1. The summed E-state index contributed by atoms with van der Waals surface area (Å²) in [5.74, 6) is 2.50. The van der Waals surface area contributed by atoms with Gasteiger partial charge < -0.3 is 14.7 Å². The molecule has 3 atom stereocenters. The van der Waals surface area contributed by atoms with Crippen LogP contribution in [0.4, 0.5) is 0 Å². The second kappa shape index (κ2) is 8.13. The molecule has 1 aliphatic carbocycles. The van der Waals surface area contributed by atoms with Gasteiger partial charge in [-0.25, -0.2) is 0 Å². The van der Waals surface area contributed by atoms with Crippen LogP contribution in [0.25, 0.3) is 0 Å². The van der Waals surface area contributed by atoms with Crippen molar-refractivity contribution in [1.82, 2.24) is 4.90 Å². The van der Waals surface area contributed by atoms with Gasteiger partial charge in [-0.3, -0.25) is 4.79 Å². The van der Waals surface area contributed by atoms with Crippen molar-refractivity contribution in [2.75, 3.05) is 26.2 Å². The summed E-state index contributed by atoms with van der Waals surface area (Å²) < 4.78 is 5.66. The molecule has 0 aromatic heterocycles. The Morgan fingerprint density at radius 1 is 1.21 bits per heavy atom. The van der Waals surface area contributed by atoms with E-state index in [1.165, 1.54) is 32.1 Å². The number of hydrogen-bond acceptors (Lipinski definition) is 4. The first-order valence-corrected chi connectivity index (χ1v) is 9.26. The molecule has 0 unspecified atom stereocenters. The third-order valence-electron chi connectivity index (χ3n) is 5.55. The van der Waals surface area contributed by atoms with Gasteiger partial charge in [0, 0.05) is 18.7 Å². The van der Waals surface area contributed by atoms with E-state index in [1.54, 1.807) is 31.2 Å². The van der Waals surface area contributed by atoms with Crippen LogP contribution in [-0.2, 0) is 0 Å². The van der Waals surface area contributed by atoms with Gasteiger partial charge in [0.05, 0.1) is 0 Å². The van der Waals surface area contributed by atoms with E-state index >= 15 is 0 Å². The summed E-state index contributed by atoms with van der Waals surface area (Å²) in [6.45, 7) is 4.77. The fourth-order valence-corrected chi connectivity index (χ4v) is 4.17. The summed E-state index contributed by atoms with van der Waals surface area (Å²) in [4.78, 5) is 13.7. The molecule has 0 bridgehead atoms. The second-order valence-electron chi connectivity index (χ2n) is 7.40. The molecular formula is C20H29NO3. The number of likely N-dealkylation sites (tertiary alicyclic amines) is 1. The standard InChI is InChI=1S/C20H29NO3/c1-15(22)16-6-8-20(9-7-16)24-14-19(23)13-21-11-10-17-4-2-3-5-18(17)12-21/h6-9,17-19,23H,2-5,10-14H2,1H3/t17-,18-,19-/m1/s1. The monoisotopic (exact) mass is 331 g/mol. The van der Waals surface area contributed by atoms with Crippen molar-refractivity contribution >= 4 is 5.78 Å². The van der Waals surface area contributed by atoms with Crippen LogP contribution in [0.5, 0.6) is 5.75 Å². The Balaban J connectivity index is 1.42. The Morgan fingerprint density at radius 2 is 1.92 bits per heavy atom. The smallest absolute Gasteiger partial charge is 0.159 e. The molecule has 0 spiro atoms. The number of carbonyl (C=O) groups is 1. The zero-order valence-electron chi connectivity index (χ0n) is 14.6. The highest BCUT2D eigenvalue weighted by atomic mass is 16.5. The number of β-amino-alcohol motifs (C(OH)–C–C–N with tert-alkyl or cyclic N) is 1. The van der Waals surface area contributed by atoms with E-state index in [1.807, 2.05) is 0 Å². The normalized spacial score (nSPS) is 25.8. The molecular weight excluding hydrogens is 302 g/mol. The summed E-state index contributed by atoms with van der Waals surface area (Å²) >= 11 is 0. The van der Waals surface area contributed by atoms with Crippen molar-refractivity contribution in [3.8, 4) is 5.75 Å². The lowest BCUT2D eigenvalue weighted by Gasteiger charge is -2.41. The van der Waals surface area contributed by atoms with Gasteiger partial charge in [0.1, 0.15) is 18.5 Å². The number of carbonyl (C=O) groups excluding carboxylic acids is 1. The molecule has 24 heavy (non-hydrogen) atoms. The van der Waals surface area contributed by atoms with Crippen LogP contribution < -0.4 is 4.74 Å². The molecule has 1 saturated carbocycles. The van der Waals surface area contributed by atoms with E-state index in [2.05, 4.69) is 4.90 Å². The average molecular weight is 331 g/mol. The van der Waals surface area contributed by atoms with Crippen molar-refractivity contribution in [3.05, 3.63) is 29.8 Å². The number of Topliss-reactive ketones (excluding diaryl/α,β-unsaturated/α-hetero) is 1. The number of benzene rings is 1. The van der Waals surface area contributed by atoms with E-state index in [-0.39, 0.29) is 5.78 Å². The van der Waals surface area contributed by atoms with Gasteiger partial charge in [-0.15, -0.1) is 0 Å². The molecule has 2 aliphatic rings. The fourth-order valence-electron chi connectivity index (χ4n) is 4.17. The SMILES string of the molecule is CC(=O)c1ccc(OC[C@H](O)CN2CC[C@H]3CCCC[C@@H]3C2)cc1. The summed E-state index contributed by atoms with van der Waals surface area (Å²) in [7, 11) is 0. The predicted octanol–water partition coefficient (Wildman–Crippen LogP) is 3.14. The molecule has 1 N–H and O–H groups in total. The van der Waals surface area contributed by atoms with Crippen LogP contribution in [0.1, 0.15) is 49.4 Å². The predicted molar refractivity (Wildman–Crippen MR) is 94.5 cm³/mol. The first-order chi connectivity index (χ1) is 11.6. The maximum atomic E-state index is 11.3. The molecule has 1 aromatic carbocycles. The molecule has 1 aliphatic heterocycles. The van der Waals surface area contributed by atoms with E-state index in [4.69, 9.17) is 4.74 Å². The molecule has 0 amide bonds. The van der Waals surface area contributed by atoms with Crippen LogP contribution in [0, 0.1) is 11.8 Å². The van der Waals surface area contributed by atoms with Gasteiger partial charge in [0.15, 0.2) is 5.78 Å². The number of aliphatic hydroxyl groups is 1. The van der Waals surface area contributed by atoms with Gasteiger partial charge in [0.25, 0.3) is 0 Å². The zero-order chi connectivity index (χ0) is 16.9. The van der Waals surface area contributed by atoms with E-state index in [0.717, 1.165) is 24.9 Å². The van der Waals surface area contributed by atoms with Gasteiger partial charge in [-0.2, -0.15) is 0 Å². The fraction of sp³-hybridized carbons (Fsp3) is 0.650. The summed E-state index contributed by atoms with van der Waals surface area (Å²) in [5.41, 5.74) is 0.679. The first kappa shape index (κ1) is 17.4. The Hall–Kier alpha value is -1.39. The minimum atomic E-state index is -0.474. The number of aliphatic hydroxyl groups excluding tert-OH is 1. The van der Waals surface area contributed by atoms with Crippen molar-refractivity contribution < 1.29 is 14.6 Å². The lowest BCUT2D eigenvalue weighted by molar-refractivity contribution is 0.0281. The molecule has 0 radical (unpaired) electrons. The molecule has 4 nitrogen and oxygen atoms in total. The van der Waals surface area contributed by atoms with Gasteiger partial charge in [-0.05, 0) is 62.4 Å². The maximum Gasteiger partial charge on any atom is 0.159 e. The molecule has 2 fully saturated rings. The Labute approximate surface area is 144 Å². The third-order valence-corrected chi connectivity index (χ3v) is 5.55. The van der Waals surface area contributed by atoms with Crippen molar-refractivity contribution in [1.29, 1.82) is 0 Å². The summed E-state index contributed by atoms with van der Waals surface area (Å²) in [6.07, 6.45) is 6.34. The van der Waals surface area contributed by atoms with Crippen molar-refractivity contribution in [2.24, 2.45) is 11.8 Å². The molecule has 132 valence electrons. The van der Waals surface area contributed by atoms with Gasteiger partial charge >= 0.3 is 0 Å². The van der Waals surface area contributed by atoms with E-state index in [0.29, 0.717) is 24.5 Å². The number of nitrogens with zero attached hydrogens (tertiary/aromatic N) is 1. The van der Waals surface area contributed by atoms with Gasteiger partial charge in [0.2, 0.25) is 0 Å². The second-order valence-corrected chi connectivity index (χ2v) is 7.40. The van der Waals surface area contributed by atoms with E-state index < -0.39 is 6.10 Å². The summed E-state index contributed by atoms with van der Waals surface area (Å²) in [5, 5.41) is 10.3. The first-order valence-electron chi connectivity index (χ1n) is 9.26. The van der Waals surface area contributed by atoms with E-state index in [9.17, 15) is 9.90 Å². The molecule has 1 aromatic rings. The molecule has 4 heteroatoms. The minimum absolute atomic E-state index is 0.0488. The molecule has 1 saturated heterocycles. The van der Waals surface area contributed by atoms with Crippen LogP contribution in [0.15, 0.2) is 24.3 Å².